The fourth-order valence-corrected chi connectivity index (χ4v) is 3.68. The van der Waals surface area contributed by atoms with Crippen molar-refractivity contribution in [2.75, 3.05) is 46.9 Å². The molecule has 2 atom stereocenters. The summed E-state index contributed by atoms with van der Waals surface area (Å²) in [7, 11) is 3.53. The maximum Gasteiger partial charge on any atom is 0.243 e. The smallest absolute Gasteiger partial charge is 0.243 e. The van der Waals surface area contributed by atoms with Crippen LogP contribution >= 0.6 is 0 Å². The third kappa shape index (κ3) is 5.70. The van der Waals surface area contributed by atoms with Gasteiger partial charge in [-0.3, -0.25) is 4.79 Å². The van der Waals surface area contributed by atoms with Gasteiger partial charge in [0.15, 0.2) is 5.96 Å². The summed E-state index contributed by atoms with van der Waals surface area (Å²) in [6.45, 7) is 3.65. The number of rotatable bonds is 5. The van der Waals surface area contributed by atoms with Crippen LogP contribution in [0.25, 0.3) is 0 Å². The lowest BCUT2D eigenvalue weighted by Gasteiger charge is -2.27. The quantitative estimate of drug-likeness (QED) is 0.635. The van der Waals surface area contributed by atoms with E-state index in [0.29, 0.717) is 5.92 Å². The van der Waals surface area contributed by atoms with Gasteiger partial charge in [-0.05, 0) is 31.2 Å². The molecule has 1 amide bonds. The summed E-state index contributed by atoms with van der Waals surface area (Å²) in [5, 5.41) is 3.48. The van der Waals surface area contributed by atoms with E-state index >= 15 is 0 Å². The van der Waals surface area contributed by atoms with Crippen molar-refractivity contribution in [2.24, 2.45) is 4.99 Å². The van der Waals surface area contributed by atoms with E-state index in [0.717, 1.165) is 51.5 Å². The molecule has 1 N–H and O–H groups in total. The van der Waals surface area contributed by atoms with Gasteiger partial charge >= 0.3 is 0 Å². The van der Waals surface area contributed by atoms with E-state index in [2.05, 4.69) is 45.5 Å². The Hall–Kier alpha value is -2.08. The minimum absolute atomic E-state index is 0.0158. The monoisotopic (exact) mass is 372 g/mol. The van der Waals surface area contributed by atoms with Gasteiger partial charge in [0.05, 0.1) is 6.10 Å². The molecule has 6 nitrogen and oxygen atoms in total. The highest BCUT2D eigenvalue weighted by Gasteiger charge is 2.27. The van der Waals surface area contributed by atoms with Crippen molar-refractivity contribution in [1.29, 1.82) is 0 Å². The molecule has 3 rings (SSSR count). The Bertz CT molecular complexity index is 626. The SMILES string of the molecule is CN(C)C(=O)CN=C(NCC1CCCCO1)N1CCC(c2ccccc2)C1. The summed E-state index contributed by atoms with van der Waals surface area (Å²) in [6.07, 6.45) is 4.80. The number of guanidine groups is 1. The average Bonchev–Trinajstić information content (AvgIpc) is 3.19. The first-order chi connectivity index (χ1) is 13.1. The normalized spacial score (nSPS) is 23.3. The van der Waals surface area contributed by atoms with E-state index in [9.17, 15) is 4.79 Å². The lowest BCUT2D eigenvalue weighted by Crippen LogP contribution is -2.44. The molecule has 0 spiro atoms. The number of likely N-dealkylation sites (tertiary alicyclic amines) is 1. The molecule has 1 aromatic carbocycles. The fraction of sp³-hybridized carbons (Fsp3) is 0.619. The van der Waals surface area contributed by atoms with Crippen LogP contribution in [0.2, 0.25) is 0 Å². The molecule has 1 aromatic rings. The van der Waals surface area contributed by atoms with Crippen LogP contribution < -0.4 is 5.32 Å². The number of nitrogens with zero attached hydrogens (tertiary/aromatic N) is 3. The number of hydrogen-bond donors (Lipinski definition) is 1. The van der Waals surface area contributed by atoms with Crippen LogP contribution in [0.15, 0.2) is 35.3 Å². The van der Waals surface area contributed by atoms with Crippen molar-refractivity contribution in [2.45, 2.75) is 37.7 Å². The molecule has 148 valence electrons. The predicted molar refractivity (Wildman–Crippen MR) is 108 cm³/mol. The van der Waals surface area contributed by atoms with Crippen molar-refractivity contribution in [3.05, 3.63) is 35.9 Å². The van der Waals surface area contributed by atoms with E-state index in [-0.39, 0.29) is 18.6 Å². The van der Waals surface area contributed by atoms with Crippen molar-refractivity contribution in [1.82, 2.24) is 15.1 Å². The highest BCUT2D eigenvalue weighted by atomic mass is 16.5. The van der Waals surface area contributed by atoms with Gasteiger partial charge < -0.3 is 19.9 Å². The summed E-state index contributed by atoms with van der Waals surface area (Å²) in [6, 6.07) is 10.7. The second-order valence-corrected chi connectivity index (χ2v) is 7.64. The molecule has 0 bridgehead atoms. The molecule has 2 aliphatic heterocycles. The molecule has 0 aromatic heterocycles. The number of aliphatic imine (C=N–C) groups is 1. The Labute approximate surface area is 162 Å². The van der Waals surface area contributed by atoms with E-state index < -0.39 is 0 Å². The van der Waals surface area contributed by atoms with Gasteiger partial charge in [-0.2, -0.15) is 0 Å². The lowest BCUT2D eigenvalue weighted by atomic mass is 9.99. The van der Waals surface area contributed by atoms with Crippen LogP contribution in [0.5, 0.6) is 0 Å². The average molecular weight is 373 g/mol. The molecule has 27 heavy (non-hydrogen) atoms. The number of nitrogens with one attached hydrogen (secondary N) is 1. The molecule has 2 aliphatic rings. The Balaban J connectivity index is 1.63. The molecule has 0 radical (unpaired) electrons. The number of hydrogen-bond acceptors (Lipinski definition) is 3. The van der Waals surface area contributed by atoms with Gasteiger partial charge in [-0.25, -0.2) is 4.99 Å². The van der Waals surface area contributed by atoms with E-state index in [1.807, 2.05) is 0 Å². The van der Waals surface area contributed by atoms with Crippen LogP contribution in [0.4, 0.5) is 0 Å². The number of carbonyl (C=O) groups excluding carboxylic acids is 1. The second-order valence-electron chi connectivity index (χ2n) is 7.64. The Morgan fingerprint density at radius 1 is 1.26 bits per heavy atom. The number of ether oxygens (including phenoxy) is 1. The third-order valence-corrected chi connectivity index (χ3v) is 5.38. The molecule has 6 heteroatoms. The highest BCUT2D eigenvalue weighted by molar-refractivity contribution is 5.85. The van der Waals surface area contributed by atoms with Gasteiger partial charge in [0.2, 0.25) is 5.91 Å². The van der Waals surface area contributed by atoms with Crippen molar-refractivity contribution in [3.8, 4) is 0 Å². The summed E-state index contributed by atoms with van der Waals surface area (Å²) < 4.78 is 5.83. The van der Waals surface area contributed by atoms with Gasteiger partial charge in [0, 0.05) is 46.3 Å². The predicted octanol–water partition coefficient (Wildman–Crippen LogP) is 2.08. The molecule has 2 saturated heterocycles. The first-order valence-electron chi connectivity index (χ1n) is 10.0. The van der Waals surface area contributed by atoms with Crippen LogP contribution in [-0.2, 0) is 9.53 Å². The minimum atomic E-state index is 0.0158. The van der Waals surface area contributed by atoms with Crippen molar-refractivity contribution in [3.63, 3.8) is 0 Å². The zero-order valence-electron chi connectivity index (χ0n) is 16.6. The first kappa shape index (κ1) is 19.7. The number of carbonyl (C=O) groups is 1. The molecule has 2 unspecified atom stereocenters. The maximum absolute atomic E-state index is 12.0. The minimum Gasteiger partial charge on any atom is -0.376 e. The largest absolute Gasteiger partial charge is 0.376 e. The first-order valence-corrected chi connectivity index (χ1v) is 10.0. The Morgan fingerprint density at radius 3 is 2.78 bits per heavy atom. The standard InChI is InChI=1S/C21H32N4O2/c1-24(2)20(26)15-23-21(22-14-19-10-6-7-13-27-19)25-12-11-18(16-25)17-8-4-3-5-9-17/h3-5,8-9,18-19H,6-7,10-16H2,1-2H3,(H,22,23). The zero-order valence-corrected chi connectivity index (χ0v) is 16.6. The molecule has 2 fully saturated rings. The molecule has 0 saturated carbocycles. The molecule has 0 aliphatic carbocycles. The van der Waals surface area contributed by atoms with Gasteiger partial charge in [0.25, 0.3) is 0 Å². The van der Waals surface area contributed by atoms with Crippen LogP contribution in [0.3, 0.4) is 0 Å². The number of benzene rings is 1. The van der Waals surface area contributed by atoms with Gasteiger partial charge in [0.1, 0.15) is 6.54 Å². The van der Waals surface area contributed by atoms with Crippen LogP contribution in [0.1, 0.15) is 37.2 Å². The summed E-state index contributed by atoms with van der Waals surface area (Å²) in [5.74, 6) is 1.36. The van der Waals surface area contributed by atoms with Crippen LogP contribution in [0, 0.1) is 0 Å². The topological polar surface area (TPSA) is 57.2 Å². The molecule has 2 heterocycles. The van der Waals surface area contributed by atoms with Crippen LogP contribution in [-0.4, -0.2) is 74.7 Å². The summed E-state index contributed by atoms with van der Waals surface area (Å²) in [4.78, 5) is 20.5. The van der Waals surface area contributed by atoms with Crippen molar-refractivity contribution < 1.29 is 9.53 Å². The zero-order chi connectivity index (χ0) is 19.1. The van der Waals surface area contributed by atoms with Crippen molar-refractivity contribution >= 4 is 11.9 Å². The second kappa shape index (κ2) is 9.74. The Kier molecular flexibility index (Phi) is 7.10. The summed E-state index contributed by atoms with van der Waals surface area (Å²) in [5.41, 5.74) is 1.37. The van der Waals surface area contributed by atoms with E-state index in [1.165, 1.54) is 12.0 Å². The molecular formula is C21H32N4O2. The molecular weight excluding hydrogens is 340 g/mol. The fourth-order valence-electron chi connectivity index (χ4n) is 3.68. The third-order valence-electron chi connectivity index (χ3n) is 5.38. The lowest BCUT2D eigenvalue weighted by molar-refractivity contribution is -0.127. The van der Waals surface area contributed by atoms with Gasteiger partial charge in [-0.1, -0.05) is 30.3 Å². The highest BCUT2D eigenvalue weighted by Crippen LogP contribution is 2.27. The van der Waals surface area contributed by atoms with E-state index in [4.69, 9.17) is 4.74 Å². The summed E-state index contributed by atoms with van der Waals surface area (Å²) >= 11 is 0. The van der Waals surface area contributed by atoms with Gasteiger partial charge in [-0.15, -0.1) is 0 Å². The maximum atomic E-state index is 12.0. The number of amides is 1. The van der Waals surface area contributed by atoms with E-state index in [1.54, 1.807) is 19.0 Å². The Morgan fingerprint density at radius 2 is 2.07 bits per heavy atom. The number of likely N-dealkylation sites (N-methyl/N-ethyl adjacent to an activating group) is 1.